The molecule has 3 aliphatic rings. The molecule has 134 valence electrons. The van der Waals surface area contributed by atoms with Gasteiger partial charge < -0.3 is 20.3 Å². The number of phenolic OH excluding ortho intramolecular Hbond substituents is 1. The van der Waals surface area contributed by atoms with Crippen molar-refractivity contribution in [2.24, 2.45) is 17.3 Å². The Balaban J connectivity index is 1.65. The lowest BCUT2D eigenvalue weighted by Gasteiger charge is -2.52. The fourth-order valence-corrected chi connectivity index (χ4v) is 6.14. The Bertz CT molecular complexity index is 703. The summed E-state index contributed by atoms with van der Waals surface area (Å²) in [5.74, 6) is 3.16. The lowest BCUT2D eigenvalue weighted by molar-refractivity contribution is -0.0709. The van der Waals surface area contributed by atoms with E-state index in [1.54, 1.807) is 12.1 Å². The van der Waals surface area contributed by atoms with Gasteiger partial charge in [0.25, 0.3) is 0 Å². The van der Waals surface area contributed by atoms with E-state index in [1.165, 1.54) is 17.1 Å². The van der Waals surface area contributed by atoms with Crippen LogP contribution in [0.4, 0.5) is 0 Å². The molecule has 0 amide bonds. The van der Waals surface area contributed by atoms with Gasteiger partial charge in [0.1, 0.15) is 5.75 Å². The largest absolute Gasteiger partial charge is 0.508 e. The molecule has 3 aliphatic carbocycles. The van der Waals surface area contributed by atoms with Crippen LogP contribution in [-0.2, 0) is 6.42 Å². The molecule has 25 heavy (non-hydrogen) atoms. The number of rotatable bonds is 2. The molecule has 0 unspecified atom stereocenters. The molecule has 2 fully saturated rings. The van der Waals surface area contributed by atoms with Gasteiger partial charge in [0, 0.05) is 5.41 Å². The van der Waals surface area contributed by atoms with Crippen molar-refractivity contribution in [1.29, 1.82) is 0 Å². The first-order valence-electron chi connectivity index (χ1n) is 9.44. The molecule has 1 aromatic rings. The van der Waals surface area contributed by atoms with Gasteiger partial charge in [-0.25, -0.2) is 0 Å². The predicted molar refractivity (Wildman–Crippen MR) is 97.0 cm³/mol. The Morgan fingerprint density at radius 1 is 1.16 bits per heavy atom. The molecule has 0 bridgehead atoms. The summed E-state index contributed by atoms with van der Waals surface area (Å²) in [5.41, 5.74) is 1.49. The molecule has 0 spiro atoms. The zero-order chi connectivity index (χ0) is 17.8. The van der Waals surface area contributed by atoms with Crippen molar-refractivity contribution in [3.8, 4) is 5.75 Å². The molecule has 4 nitrogen and oxygen atoms in total. The minimum Gasteiger partial charge on any atom is -0.508 e. The van der Waals surface area contributed by atoms with E-state index in [9.17, 15) is 10.2 Å². The Morgan fingerprint density at radius 2 is 1.96 bits per heavy atom. The van der Waals surface area contributed by atoms with Crippen molar-refractivity contribution in [3.05, 3.63) is 41.4 Å². The van der Waals surface area contributed by atoms with E-state index < -0.39 is 12.7 Å². The van der Waals surface area contributed by atoms with E-state index >= 15 is 0 Å². The van der Waals surface area contributed by atoms with Crippen molar-refractivity contribution in [2.45, 2.75) is 57.0 Å². The fraction of sp³-hybridized carbons (Fsp3) is 0.600. The first-order chi connectivity index (χ1) is 11.8. The fourth-order valence-electron chi connectivity index (χ4n) is 6.14. The van der Waals surface area contributed by atoms with Crippen LogP contribution in [0.15, 0.2) is 30.3 Å². The lowest BCUT2D eigenvalue weighted by Crippen LogP contribution is -2.50. The van der Waals surface area contributed by atoms with E-state index in [4.69, 9.17) is 10.0 Å². The number of fused-ring (bicyclic) bond motifs is 5. The van der Waals surface area contributed by atoms with E-state index in [0.29, 0.717) is 29.9 Å². The van der Waals surface area contributed by atoms with Crippen molar-refractivity contribution in [1.82, 2.24) is 0 Å². The Kier molecular flexibility index (Phi) is 4.02. The Morgan fingerprint density at radius 3 is 2.72 bits per heavy atom. The molecule has 0 saturated heterocycles. The Labute approximate surface area is 149 Å². The number of aliphatic hydroxyl groups is 1. The molecule has 5 heteroatoms. The maximum Gasteiger partial charge on any atom is 0.480 e. The van der Waals surface area contributed by atoms with Crippen LogP contribution < -0.4 is 0 Å². The molecule has 5 atom stereocenters. The van der Waals surface area contributed by atoms with E-state index in [2.05, 4.69) is 13.0 Å². The third kappa shape index (κ3) is 2.56. The predicted octanol–water partition coefficient (Wildman–Crippen LogP) is 2.55. The summed E-state index contributed by atoms with van der Waals surface area (Å²) in [6.07, 6.45) is 7.35. The van der Waals surface area contributed by atoms with Gasteiger partial charge in [-0.1, -0.05) is 25.0 Å². The zero-order valence-electron chi connectivity index (χ0n) is 14.7. The Hall–Kier alpha value is -1.30. The normalized spacial score (nSPS) is 39.8. The van der Waals surface area contributed by atoms with Crippen LogP contribution in [-0.4, -0.2) is 33.0 Å². The van der Waals surface area contributed by atoms with Gasteiger partial charge in [-0.3, -0.25) is 0 Å². The third-order valence-electron chi connectivity index (χ3n) is 7.47. The highest BCUT2D eigenvalue weighted by Crippen LogP contribution is 2.64. The van der Waals surface area contributed by atoms with Crippen LogP contribution in [0, 0.1) is 17.3 Å². The van der Waals surface area contributed by atoms with Crippen LogP contribution in [0.2, 0.25) is 0 Å². The molecule has 1 aromatic carbocycles. The number of hydrogen-bond acceptors (Lipinski definition) is 4. The summed E-state index contributed by atoms with van der Waals surface area (Å²) in [6.45, 7) is 2.18. The third-order valence-corrected chi connectivity index (χ3v) is 7.47. The number of hydrogen-bond donors (Lipinski definition) is 4. The second-order valence-electron chi connectivity index (χ2n) is 8.49. The minimum atomic E-state index is -1.52. The lowest BCUT2D eigenvalue weighted by atomic mass is 9.53. The summed E-state index contributed by atoms with van der Waals surface area (Å²) >= 11 is 0. The zero-order valence-corrected chi connectivity index (χ0v) is 14.7. The quantitative estimate of drug-likeness (QED) is 0.623. The standard InChI is InChI=1S/C20H27BO4/c1-19-8-6-16-15-5-3-14(22)12-13(15)2-4-17(16)18(19)7-9-20(19,23)10-11-21(24)25/h3,5,10-12,16-18,22-25H,2,4,6-9H2,1H3/b11-10+/t16-,17-,18+,19+,20-/m1/s1. The molecule has 0 radical (unpaired) electrons. The summed E-state index contributed by atoms with van der Waals surface area (Å²) in [7, 11) is -1.52. The molecule has 0 heterocycles. The summed E-state index contributed by atoms with van der Waals surface area (Å²) < 4.78 is 0. The van der Waals surface area contributed by atoms with Gasteiger partial charge in [-0.05, 0) is 79.5 Å². The first-order valence-corrected chi connectivity index (χ1v) is 9.44. The number of benzene rings is 1. The molecule has 0 aliphatic heterocycles. The maximum absolute atomic E-state index is 11.3. The van der Waals surface area contributed by atoms with Crippen LogP contribution in [0.5, 0.6) is 5.75 Å². The van der Waals surface area contributed by atoms with Crippen LogP contribution in [0.1, 0.15) is 56.1 Å². The smallest absolute Gasteiger partial charge is 0.480 e. The van der Waals surface area contributed by atoms with E-state index in [1.807, 2.05) is 6.07 Å². The molecule has 2 saturated carbocycles. The van der Waals surface area contributed by atoms with Gasteiger partial charge in [0.2, 0.25) is 0 Å². The monoisotopic (exact) mass is 342 g/mol. The van der Waals surface area contributed by atoms with Crippen molar-refractivity contribution < 1.29 is 20.3 Å². The molecular weight excluding hydrogens is 315 g/mol. The molecule has 4 N–H and O–H groups in total. The van der Waals surface area contributed by atoms with E-state index in [-0.39, 0.29) is 5.41 Å². The number of aromatic hydroxyl groups is 1. The number of aryl methyl sites for hydroxylation is 1. The van der Waals surface area contributed by atoms with Crippen LogP contribution in [0.3, 0.4) is 0 Å². The first kappa shape index (κ1) is 17.1. The molecule has 4 rings (SSSR count). The van der Waals surface area contributed by atoms with Crippen LogP contribution >= 0.6 is 0 Å². The van der Waals surface area contributed by atoms with Gasteiger partial charge in [0.05, 0.1) is 5.60 Å². The highest BCUT2D eigenvalue weighted by Gasteiger charge is 2.60. The van der Waals surface area contributed by atoms with Gasteiger partial charge in [-0.2, -0.15) is 0 Å². The van der Waals surface area contributed by atoms with Crippen LogP contribution in [0.25, 0.3) is 0 Å². The highest BCUT2D eigenvalue weighted by molar-refractivity contribution is 6.47. The maximum atomic E-state index is 11.3. The van der Waals surface area contributed by atoms with Gasteiger partial charge >= 0.3 is 7.12 Å². The van der Waals surface area contributed by atoms with Crippen molar-refractivity contribution >= 4 is 7.12 Å². The average molecular weight is 342 g/mol. The van der Waals surface area contributed by atoms with E-state index in [0.717, 1.165) is 32.1 Å². The highest BCUT2D eigenvalue weighted by atomic mass is 16.4. The minimum absolute atomic E-state index is 0.214. The van der Waals surface area contributed by atoms with Gasteiger partial charge in [0.15, 0.2) is 0 Å². The number of phenols is 1. The molecule has 0 aromatic heterocycles. The molecular formula is C20H27BO4. The second-order valence-corrected chi connectivity index (χ2v) is 8.49. The SMILES string of the molecule is C[C@]12CC[C@@H]3c4ccc(O)cc4CC[C@H]3[C@@H]1CC[C@@]2(O)/C=C/B(O)O. The average Bonchev–Trinajstić information content (AvgIpc) is 2.84. The van der Waals surface area contributed by atoms with Crippen molar-refractivity contribution in [2.75, 3.05) is 0 Å². The van der Waals surface area contributed by atoms with Gasteiger partial charge in [-0.15, -0.1) is 0 Å². The summed E-state index contributed by atoms with van der Waals surface area (Å²) in [5, 5.41) is 39.4. The second kappa shape index (κ2) is 5.87. The summed E-state index contributed by atoms with van der Waals surface area (Å²) in [6, 6.07) is 5.80. The topological polar surface area (TPSA) is 80.9 Å². The summed E-state index contributed by atoms with van der Waals surface area (Å²) in [4.78, 5) is 0. The van der Waals surface area contributed by atoms with Crippen molar-refractivity contribution in [3.63, 3.8) is 0 Å².